The van der Waals surface area contributed by atoms with Crippen molar-refractivity contribution in [2.75, 3.05) is 0 Å². The summed E-state index contributed by atoms with van der Waals surface area (Å²) in [6.45, 7) is 5.70. The molecule has 0 spiro atoms. The van der Waals surface area contributed by atoms with Gasteiger partial charge in [-0.05, 0) is 20.3 Å². The first kappa shape index (κ1) is 16.0. The number of thioether (sulfide) groups is 1. The van der Waals surface area contributed by atoms with Crippen molar-refractivity contribution in [3.63, 3.8) is 0 Å². The predicted molar refractivity (Wildman–Crippen MR) is 73.9 cm³/mol. The number of carbonyl (C=O) groups is 1. The fourth-order valence-corrected chi connectivity index (χ4v) is 2.31. The van der Waals surface area contributed by atoms with E-state index < -0.39 is 16.8 Å². The molecule has 6 nitrogen and oxygen atoms in total. The second-order valence-corrected chi connectivity index (χ2v) is 6.55. The highest BCUT2D eigenvalue weighted by atomic mass is 32.2. The maximum Gasteiger partial charge on any atom is 0.321 e. The zero-order valence-electron chi connectivity index (χ0n) is 11.5. The molecule has 0 aromatic carbocycles. The first-order chi connectivity index (χ1) is 8.86. The van der Waals surface area contributed by atoms with Crippen molar-refractivity contribution in [1.82, 2.24) is 10.1 Å². The van der Waals surface area contributed by atoms with Crippen LogP contribution in [-0.4, -0.2) is 32.0 Å². The number of unbranched alkanes of at least 4 members (excludes halogenated alkanes) is 1. The Morgan fingerprint density at radius 3 is 2.84 bits per heavy atom. The summed E-state index contributed by atoms with van der Waals surface area (Å²) in [6, 6.07) is -0.931. The molecule has 0 radical (unpaired) electrons. The number of carboxylic acid groups (broad SMARTS) is 1. The Morgan fingerprint density at radius 2 is 2.26 bits per heavy atom. The van der Waals surface area contributed by atoms with Gasteiger partial charge in [0.1, 0.15) is 6.04 Å². The molecule has 0 amide bonds. The van der Waals surface area contributed by atoms with Gasteiger partial charge in [0.15, 0.2) is 5.82 Å². The third-order valence-corrected chi connectivity index (χ3v) is 4.24. The first-order valence-electron chi connectivity index (χ1n) is 6.30. The van der Waals surface area contributed by atoms with Crippen LogP contribution in [0.5, 0.6) is 0 Å². The number of carboxylic acids is 1. The molecule has 0 aliphatic heterocycles. The zero-order chi connectivity index (χ0) is 14.5. The lowest BCUT2D eigenvalue weighted by Gasteiger charge is -2.27. The molecule has 1 heterocycles. The summed E-state index contributed by atoms with van der Waals surface area (Å²) in [7, 11) is 0. The average Bonchev–Trinajstić information content (AvgIpc) is 2.81. The molecule has 1 atom stereocenters. The summed E-state index contributed by atoms with van der Waals surface area (Å²) >= 11 is 1.40. The summed E-state index contributed by atoms with van der Waals surface area (Å²) in [6.07, 6.45) is 2.92. The Hall–Kier alpha value is -1.08. The average molecular weight is 287 g/mol. The number of aromatic nitrogens is 2. The molecule has 19 heavy (non-hydrogen) atoms. The normalized spacial score (nSPS) is 13.5. The van der Waals surface area contributed by atoms with E-state index in [0.717, 1.165) is 19.3 Å². The lowest BCUT2D eigenvalue weighted by atomic mass is 10.1. The minimum Gasteiger partial charge on any atom is -0.480 e. The van der Waals surface area contributed by atoms with Crippen molar-refractivity contribution in [3.05, 3.63) is 11.7 Å². The molecule has 108 valence electrons. The van der Waals surface area contributed by atoms with Crippen LogP contribution in [-0.2, 0) is 17.0 Å². The fourth-order valence-electron chi connectivity index (χ4n) is 1.42. The SMILES string of the molecule is CCCCc1noc(CSC(C)(C)[C@H](N)C(=O)O)n1. The Balaban J connectivity index is 2.51. The van der Waals surface area contributed by atoms with Crippen LogP contribution in [0.15, 0.2) is 4.52 Å². The molecular formula is C12H21N3O3S. The predicted octanol–water partition coefficient (Wildman–Crippen LogP) is 1.84. The van der Waals surface area contributed by atoms with Gasteiger partial charge in [-0.2, -0.15) is 4.98 Å². The number of aliphatic carboxylic acids is 1. The summed E-state index contributed by atoms with van der Waals surface area (Å²) in [5, 5.41) is 12.8. The summed E-state index contributed by atoms with van der Waals surface area (Å²) in [5.41, 5.74) is 5.64. The highest BCUT2D eigenvalue weighted by Gasteiger charge is 2.33. The van der Waals surface area contributed by atoms with Crippen LogP contribution in [0.2, 0.25) is 0 Å². The highest BCUT2D eigenvalue weighted by molar-refractivity contribution is 7.99. The topological polar surface area (TPSA) is 102 Å². The maximum absolute atomic E-state index is 10.9. The molecule has 0 bridgehead atoms. The van der Waals surface area contributed by atoms with Gasteiger partial charge >= 0.3 is 5.97 Å². The van der Waals surface area contributed by atoms with Gasteiger partial charge < -0.3 is 15.4 Å². The molecule has 0 saturated carbocycles. The van der Waals surface area contributed by atoms with Gasteiger partial charge in [0.2, 0.25) is 5.89 Å². The third kappa shape index (κ3) is 4.83. The van der Waals surface area contributed by atoms with Crippen molar-refractivity contribution >= 4 is 17.7 Å². The minimum atomic E-state index is -1.01. The summed E-state index contributed by atoms with van der Waals surface area (Å²) in [5.74, 6) is 0.679. The minimum absolute atomic E-state index is 0.465. The standard InChI is InChI=1S/C12H21N3O3S/c1-4-5-6-8-14-9(18-15-8)7-19-12(2,3)10(13)11(16)17/h10H,4-7,13H2,1-3H3,(H,16,17)/t10-/m1/s1. The molecular weight excluding hydrogens is 266 g/mol. The molecule has 0 aliphatic rings. The van der Waals surface area contributed by atoms with Crippen molar-refractivity contribution < 1.29 is 14.4 Å². The number of rotatable bonds is 8. The van der Waals surface area contributed by atoms with Gasteiger partial charge in [0.05, 0.1) is 5.75 Å². The number of hydrogen-bond donors (Lipinski definition) is 2. The molecule has 0 unspecified atom stereocenters. The van der Waals surface area contributed by atoms with Gasteiger partial charge in [-0.15, -0.1) is 11.8 Å². The second-order valence-electron chi connectivity index (χ2n) is 4.92. The Bertz CT molecular complexity index is 420. The van der Waals surface area contributed by atoms with E-state index in [9.17, 15) is 4.79 Å². The number of hydrogen-bond acceptors (Lipinski definition) is 6. The van der Waals surface area contributed by atoms with Gasteiger partial charge in [0, 0.05) is 11.2 Å². The lowest BCUT2D eigenvalue weighted by molar-refractivity contribution is -0.139. The monoisotopic (exact) mass is 287 g/mol. The molecule has 1 aromatic heterocycles. The van der Waals surface area contributed by atoms with Crippen LogP contribution in [0.25, 0.3) is 0 Å². The molecule has 0 fully saturated rings. The molecule has 3 N–H and O–H groups in total. The van der Waals surface area contributed by atoms with Crippen LogP contribution in [0.3, 0.4) is 0 Å². The van der Waals surface area contributed by atoms with Gasteiger partial charge in [-0.1, -0.05) is 18.5 Å². The van der Waals surface area contributed by atoms with Crippen molar-refractivity contribution in [2.45, 2.75) is 56.6 Å². The molecule has 1 rings (SSSR count). The van der Waals surface area contributed by atoms with E-state index in [-0.39, 0.29) is 0 Å². The van der Waals surface area contributed by atoms with E-state index >= 15 is 0 Å². The van der Waals surface area contributed by atoms with E-state index in [4.69, 9.17) is 15.4 Å². The molecule has 1 aromatic rings. The Morgan fingerprint density at radius 1 is 1.58 bits per heavy atom. The number of aryl methyl sites for hydroxylation is 1. The van der Waals surface area contributed by atoms with E-state index in [0.29, 0.717) is 17.5 Å². The molecule has 0 aliphatic carbocycles. The van der Waals surface area contributed by atoms with Crippen LogP contribution in [0.1, 0.15) is 45.3 Å². The second kappa shape index (κ2) is 6.91. The van der Waals surface area contributed by atoms with Crippen molar-refractivity contribution in [2.24, 2.45) is 5.73 Å². The lowest BCUT2D eigenvalue weighted by Crippen LogP contribution is -2.46. The Kier molecular flexibility index (Phi) is 5.81. The van der Waals surface area contributed by atoms with Gasteiger partial charge in [0.25, 0.3) is 0 Å². The number of nitrogens with zero attached hydrogens (tertiary/aromatic N) is 2. The van der Waals surface area contributed by atoms with Crippen LogP contribution < -0.4 is 5.73 Å². The zero-order valence-corrected chi connectivity index (χ0v) is 12.4. The van der Waals surface area contributed by atoms with Crippen molar-refractivity contribution in [1.29, 1.82) is 0 Å². The first-order valence-corrected chi connectivity index (χ1v) is 7.29. The van der Waals surface area contributed by atoms with Crippen LogP contribution >= 0.6 is 11.8 Å². The number of nitrogens with two attached hydrogens (primary N) is 1. The van der Waals surface area contributed by atoms with Gasteiger partial charge in [-0.25, -0.2) is 0 Å². The van der Waals surface area contributed by atoms with E-state index in [1.165, 1.54) is 11.8 Å². The van der Waals surface area contributed by atoms with Gasteiger partial charge in [-0.3, -0.25) is 4.79 Å². The quantitative estimate of drug-likeness (QED) is 0.752. The van der Waals surface area contributed by atoms with Crippen molar-refractivity contribution in [3.8, 4) is 0 Å². The fraction of sp³-hybridized carbons (Fsp3) is 0.750. The maximum atomic E-state index is 10.9. The third-order valence-electron chi connectivity index (χ3n) is 2.85. The van der Waals surface area contributed by atoms with E-state index in [1.807, 2.05) is 0 Å². The molecule has 7 heteroatoms. The Labute approximate surface area is 117 Å². The molecule has 0 saturated heterocycles. The largest absolute Gasteiger partial charge is 0.480 e. The van der Waals surface area contributed by atoms with E-state index in [2.05, 4.69) is 17.1 Å². The summed E-state index contributed by atoms with van der Waals surface area (Å²) in [4.78, 5) is 15.2. The van der Waals surface area contributed by atoms with Crippen LogP contribution in [0, 0.1) is 0 Å². The highest BCUT2D eigenvalue weighted by Crippen LogP contribution is 2.30. The van der Waals surface area contributed by atoms with Crippen LogP contribution in [0.4, 0.5) is 0 Å². The smallest absolute Gasteiger partial charge is 0.321 e. The summed E-state index contributed by atoms with van der Waals surface area (Å²) < 4.78 is 4.53. The van der Waals surface area contributed by atoms with E-state index in [1.54, 1.807) is 13.8 Å².